The van der Waals surface area contributed by atoms with E-state index in [1.807, 2.05) is 18.2 Å². The van der Waals surface area contributed by atoms with E-state index in [4.69, 9.17) is 5.11 Å². The van der Waals surface area contributed by atoms with Crippen molar-refractivity contribution in [2.45, 2.75) is 32.2 Å². The van der Waals surface area contributed by atoms with Crippen molar-refractivity contribution < 1.29 is 5.11 Å². The summed E-state index contributed by atoms with van der Waals surface area (Å²) in [6, 6.07) is 7.93. The number of nitrogens with one attached hydrogen (secondary N) is 1. The Hall–Kier alpha value is -1.28. The van der Waals surface area contributed by atoms with Crippen LogP contribution in [0.15, 0.2) is 36.9 Å². The molecule has 0 fully saturated rings. The summed E-state index contributed by atoms with van der Waals surface area (Å²) in [6.07, 6.45) is 5.16. The molecule has 1 aromatic rings. The molecule has 0 radical (unpaired) electrons. The second-order valence-electron chi connectivity index (χ2n) is 4.14. The fourth-order valence-electron chi connectivity index (χ4n) is 1.60. The largest absolute Gasteiger partial charge is 0.508 e. The minimum absolute atomic E-state index is 0.330. The van der Waals surface area contributed by atoms with Gasteiger partial charge in [-0.15, -0.1) is 6.58 Å². The van der Waals surface area contributed by atoms with Crippen molar-refractivity contribution in [3.63, 3.8) is 0 Å². The van der Waals surface area contributed by atoms with Gasteiger partial charge in [-0.2, -0.15) is 0 Å². The summed E-state index contributed by atoms with van der Waals surface area (Å²) in [6.45, 7) is 6.89. The molecule has 0 spiro atoms. The van der Waals surface area contributed by atoms with Gasteiger partial charge in [0.25, 0.3) is 0 Å². The Morgan fingerprint density at radius 3 is 2.69 bits per heavy atom. The van der Waals surface area contributed by atoms with Gasteiger partial charge in [-0.3, -0.25) is 0 Å². The fraction of sp³-hybridized carbons (Fsp3) is 0.429. The first-order valence-corrected chi connectivity index (χ1v) is 5.84. The topological polar surface area (TPSA) is 32.3 Å². The maximum Gasteiger partial charge on any atom is 0.115 e. The van der Waals surface area contributed by atoms with Crippen molar-refractivity contribution in [3.05, 3.63) is 42.5 Å². The molecular weight excluding hydrogens is 198 g/mol. The molecule has 1 rings (SSSR count). The molecule has 2 nitrogen and oxygen atoms in total. The second-order valence-corrected chi connectivity index (χ2v) is 4.14. The second kappa shape index (κ2) is 7.07. The van der Waals surface area contributed by atoms with Crippen LogP contribution < -0.4 is 5.32 Å². The molecule has 0 aromatic heterocycles. The van der Waals surface area contributed by atoms with Crippen LogP contribution in [0.2, 0.25) is 0 Å². The number of rotatable bonds is 7. The lowest BCUT2D eigenvalue weighted by molar-refractivity contribution is 0.475. The van der Waals surface area contributed by atoms with Crippen LogP contribution in [-0.4, -0.2) is 17.7 Å². The maximum absolute atomic E-state index is 9.14. The zero-order chi connectivity index (χ0) is 11.8. The summed E-state index contributed by atoms with van der Waals surface area (Å²) in [5.41, 5.74) is 1.25. The Kier molecular flexibility index (Phi) is 5.65. The van der Waals surface area contributed by atoms with Crippen molar-refractivity contribution in [1.82, 2.24) is 5.32 Å². The molecule has 0 saturated carbocycles. The molecule has 0 aliphatic heterocycles. The van der Waals surface area contributed by atoms with Crippen molar-refractivity contribution in [3.8, 4) is 5.75 Å². The Labute approximate surface area is 98.0 Å². The average molecular weight is 219 g/mol. The van der Waals surface area contributed by atoms with E-state index in [0.29, 0.717) is 11.8 Å². The van der Waals surface area contributed by atoms with Crippen molar-refractivity contribution in [1.29, 1.82) is 0 Å². The highest BCUT2D eigenvalue weighted by Crippen LogP contribution is 2.09. The summed E-state index contributed by atoms with van der Waals surface area (Å²) in [5, 5.41) is 12.6. The zero-order valence-electron chi connectivity index (χ0n) is 9.95. The van der Waals surface area contributed by atoms with Crippen LogP contribution in [0, 0.1) is 0 Å². The molecule has 0 heterocycles. The molecular formula is C14H21NO. The number of hydrogen-bond acceptors (Lipinski definition) is 2. The third kappa shape index (κ3) is 4.99. The molecule has 2 heteroatoms. The summed E-state index contributed by atoms with van der Waals surface area (Å²) >= 11 is 0. The summed E-state index contributed by atoms with van der Waals surface area (Å²) in [7, 11) is 0. The van der Waals surface area contributed by atoms with E-state index in [0.717, 1.165) is 25.8 Å². The van der Waals surface area contributed by atoms with E-state index in [-0.39, 0.29) is 0 Å². The lowest BCUT2D eigenvalue weighted by atomic mass is 10.1. The monoisotopic (exact) mass is 219 g/mol. The maximum atomic E-state index is 9.14. The van der Waals surface area contributed by atoms with E-state index < -0.39 is 0 Å². The van der Waals surface area contributed by atoms with Crippen LogP contribution >= 0.6 is 0 Å². The smallest absolute Gasteiger partial charge is 0.115 e. The van der Waals surface area contributed by atoms with Gasteiger partial charge in [0.05, 0.1) is 0 Å². The normalized spacial score (nSPS) is 12.3. The highest BCUT2D eigenvalue weighted by atomic mass is 16.3. The predicted molar refractivity (Wildman–Crippen MR) is 68.7 cm³/mol. The van der Waals surface area contributed by atoms with Gasteiger partial charge < -0.3 is 10.4 Å². The summed E-state index contributed by atoms with van der Waals surface area (Å²) < 4.78 is 0. The van der Waals surface area contributed by atoms with Crippen LogP contribution in [-0.2, 0) is 6.42 Å². The minimum Gasteiger partial charge on any atom is -0.508 e. The number of phenols is 1. The number of aromatic hydroxyl groups is 1. The van der Waals surface area contributed by atoms with Gasteiger partial charge in [0.15, 0.2) is 0 Å². The first-order chi connectivity index (χ1) is 7.72. The lowest BCUT2D eigenvalue weighted by Crippen LogP contribution is -2.27. The van der Waals surface area contributed by atoms with E-state index in [9.17, 15) is 0 Å². The quantitative estimate of drug-likeness (QED) is 0.691. The summed E-state index contributed by atoms with van der Waals surface area (Å²) in [5.74, 6) is 0.330. The van der Waals surface area contributed by atoms with Crippen molar-refractivity contribution >= 4 is 0 Å². The van der Waals surface area contributed by atoms with Gasteiger partial charge in [-0.1, -0.05) is 18.2 Å². The first kappa shape index (κ1) is 12.8. The van der Waals surface area contributed by atoms with Crippen LogP contribution in [0.3, 0.4) is 0 Å². The van der Waals surface area contributed by atoms with Gasteiger partial charge >= 0.3 is 0 Å². The molecule has 0 aliphatic carbocycles. The van der Waals surface area contributed by atoms with E-state index in [1.165, 1.54) is 5.56 Å². The average Bonchev–Trinajstić information content (AvgIpc) is 2.29. The predicted octanol–water partition coefficient (Wildman–Crippen LogP) is 2.88. The molecule has 2 N–H and O–H groups in total. The Balaban J connectivity index is 2.19. The van der Waals surface area contributed by atoms with E-state index >= 15 is 0 Å². The third-order valence-corrected chi connectivity index (χ3v) is 2.65. The molecule has 0 saturated heterocycles. The first-order valence-electron chi connectivity index (χ1n) is 5.84. The summed E-state index contributed by atoms with van der Waals surface area (Å²) in [4.78, 5) is 0. The van der Waals surface area contributed by atoms with Gasteiger partial charge in [-0.05, 0) is 50.4 Å². The van der Waals surface area contributed by atoms with Gasteiger partial charge in [-0.25, -0.2) is 0 Å². The molecule has 88 valence electrons. The number of hydrogen-bond donors (Lipinski definition) is 2. The molecule has 0 amide bonds. The fourth-order valence-corrected chi connectivity index (χ4v) is 1.60. The number of allylic oxidation sites excluding steroid dienone is 1. The Morgan fingerprint density at radius 2 is 2.06 bits per heavy atom. The number of phenolic OH excluding ortho intramolecular Hbond substituents is 1. The standard InChI is InChI=1S/C14H21NO/c1-3-4-5-12(2)15-11-10-13-6-8-14(16)9-7-13/h3,6-9,12,15-16H,1,4-5,10-11H2,2H3. The van der Waals surface area contributed by atoms with E-state index in [2.05, 4.69) is 18.8 Å². The zero-order valence-corrected chi connectivity index (χ0v) is 9.95. The Bertz CT molecular complexity index is 305. The van der Waals surface area contributed by atoms with Gasteiger partial charge in [0.2, 0.25) is 0 Å². The molecule has 16 heavy (non-hydrogen) atoms. The van der Waals surface area contributed by atoms with Gasteiger partial charge in [0, 0.05) is 6.04 Å². The number of benzene rings is 1. The Morgan fingerprint density at radius 1 is 1.38 bits per heavy atom. The van der Waals surface area contributed by atoms with Crippen LogP contribution in [0.4, 0.5) is 0 Å². The minimum atomic E-state index is 0.330. The van der Waals surface area contributed by atoms with Crippen LogP contribution in [0.1, 0.15) is 25.3 Å². The van der Waals surface area contributed by atoms with Crippen LogP contribution in [0.25, 0.3) is 0 Å². The van der Waals surface area contributed by atoms with Gasteiger partial charge in [0.1, 0.15) is 5.75 Å². The van der Waals surface area contributed by atoms with Crippen molar-refractivity contribution in [2.24, 2.45) is 0 Å². The SMILES string of the molecule is C=CCCC(C)NCCc1ccc(O)cc1. The van der Waals surface area contributed by atoms with E-state index in [1.54, 1.807) is 12.1 Å². The molecule has 0 bridgehead atoms. The molecule has 1 unspecified atom stereocenters. The highest BCUT2D eigenvalue weighted by Gasteiger charge is 1.99. The van der Waals surface area contributed by atoms with Crippen molar-refractivity contribution in [2.75, 3.05) is 6.54 Å². The lowest BCUT2D eigenvalue weighted by Gasteiger charge is -2.12. The third-order valence-electron chi connectivity index (χ3n) is 2.65. The molecule has 1 atom stereocenters. The highest BCUT2D eigenvalue weighted by molar-refractivity contribution is 5.25. The van der Waals surface area contributed by atoms with Crippen LogP contribution in [0.5, 0.6) is 5.75 Å². The molecule has 0 aliphatic rings. The molecule has 1 aromatic carbocycles.